The Balaban J connectivity index is 1.94. The molecule has 21 heavy (non-hydrogen) atoms. The molecule has 0 fully saturated rings. The minimum absolute atomic E-state index is 0.109. The van der Waals surface area contributed by atoms with Gasteiger partial charge in [0.2, 0.25) is 0 Å². The second-order valence-corrected chi connectivity index (χ2v) is 5.80. The van der Waals surface area contributed by atoms with Crippen molar-refractivity contribution >= 4 is 5.69 Å². The number of hydrogen-bond donors (Lipinski definition) is 1. The van der Waals surface area contributed by atoms with Crippen molar-refractivity contribution < 1.29 is 9.47 Å². The number of anilines is 1. The minimum Gasteiger partial charge on any atom is -0.455 e. The summed E-state index contributed by atoms with van der Waals surface area (Å²) < 4.78 is 11.6. The van der Waals surface area contributed by atoms with Crippen LogP contribution in [0.25, 0.3) is 0 Å². The Bertz CT molecular complexity index is 547. The van der Waals surface area contributed by atoms with Gasteiger partial charge in [0, 0.05) is 6.54 Å². The molecule has 3 heteroatoms. The lowest BCUT2D eigenvalue weighted by atomic mass is 10.2. The predicted octanol–water partition coefficient (Wildman–Crippen LogP) is 4.71. The molecule has 112 valence electrons. The quantitative estimate of drug-likeness (QED) is 0.780. The lowest BCUT2D eigenvalue weighted by Crippen LogP contribution is -2.23. The molecular formula is C18H23NO2. The molecule has 0 aliphatic rings. The molecule has 0 saturated heterocycles. The molecular weight excluding hydrogens is 262 g/mol. The first-order chi connectivity index (χ1) is 10.0. The molecule has 0 radical (unpaired) electrons. The summed E-state index contributed by atoms with van der Waals surface area (Å²) in [5.74, 6) is 1.65. The van der Waals surface area contributed by atoms with Gasteiger partial charge in [-0.25, -0.2) is 0 Å². The molecule has 3 nitrogen and oxygen atoms in total. The summed E-state index contributed by atoms with van der Waals surface area (Å²) in [6.07, 6.45) is 0. The zero-order chi connectivity index (χ0) is 15.1. The molecule has 0 spiro atoms. The Morgan fingerprint density at radius 1 is 0.905 bits per heavy atom. The van der Waals surface area contributed by atoms with Crippen LogP contribution < -0.4 is 10.1 Å². The van der Waals surface area contributed by atoms with Gasteiger partial charge < -0.3 is 14.8 Å². The van der Waals surface area contributed by atoms with Crippen molar-refractivity contribution in [1.82, 2.24) is 0 Å². The fraction of sp³-hybridized carbons (Fsp3) is 0.333. The van der Waals surface area contributed by atoms with Gasteiger partial charge in [-0.05, 0) is 45.0 Å². The lowest BCUT2D eigenvalue weighted by molar-refractivity contribution is 0.00333. The van der Waals surface area contributed by atoms with E-state index in [4.69, 9.17) is 9.47 Å². The molecule has 2 aromatic rings. The number of ether oxygens (including phenoxy) is 2. The van der Waals surface area contributed by atoms with E-state index >= 15 is 0 Å². The Kier molecular flexibility index (Phi) is 5.23. The van der Waals surface area contributed by atoms with Crippen molar-refractivity contribution in [2.75, 3.05) is 18.5 Å². The number of rotatable bonds is 6. The fourth-order valence-electron chi connectivity index (χ4n) is 1.86. The molecule has 0 aliphatic heterocycles. The third kappa shape index (κ3) is 5.48. The van der Waals surface area contributed by atoms with E-state index in [1.165, 1.54) is 0 Å². The van der Waals surface area contributed by atoms with Crippen molar-refractivity contribution in [3.63, 3.8) is 0 Å². The normalized spacial score (nSPS) is 11.2. The summed E-state index contributed by atoms with van der Waals surface area (Å²) in [6.45, 7) is 7.56. The highest BCUT2D eigenvalue weighted by Gasteiger charge is 2.09. The molecule has 2 rings (SSSR count). The van der Waals surface area contributed by atoms with Gasteiger partial charge in [0.05, 0.1) is 17.9 Å². The first-order valence-corrected chi connectivity index (χ1v) is 7.24. The van der Waals surface area contributed by atoms with Crippen molar-refractivity contribution in [2.24, 2.45) is 0 Å². The summed E-state index contributed by atoms with van der Waals surface area (Å²) in [5.41, 5.74) is 0.862. The first-order valence-electron chi connectivity index (χ1n) is 7.24. The summed E-state index contributed by atoms with van der Waals surface area (Å²) in [4.78, 5) is 0. The van der Waals surface area contributed by atoms with Gasteiger partial charge in [0.15, 0.2) is 5.75 Å². The number of para-hydroxylation sites is 3. The molecule has 1 N–H and O–H groups in total. The zero-order valence-corrected chi connectivity index (χ0v) is 12.9. The molecule has 0 heterocycles. The molecule has 0 aliphatic carbocycles. The van der Waals surface area contributed by atoms with Crippen LogP contribution in [-0.2, 0) is 4.74 Å². The van der Waals surface area contributed by atoms with Crippen molar-refractivity contribution in [3.05, 3.63) is 54.6 Å². The Hall–Kier alpha value is -2.00. The van der Waals surface area contributed by atoms with E-state index in [9.17, 15) is 0 Å². The van der Waals surface area contributed by atoms with Crippen LogP contribution in [0.5, 0.6) is 11.5 Å². The SMILES string of the molecule is CC(C)(C)OCCNc1ccccc1Oc1ccccc1. The van der Waals surface area contributed by atoms with E-state index in [-0.39, 0.29) is 5.60 Å². The molecule has 0 aromatic heterocycles. The number of nitrogens with one attached hydrogen (secondary N) is 1. The Morgan fingerprint density at radius 2 is 1.57 bits per heavy atom. The molecule has 0 unspecified atom stereocenters. The van der Waals surface area contributed by atoms with Crippen LogP contribution in [0.4, 0.5) is 5.69 Å². The maximum atomic E-state index is 5.90. The van der Waals surface area contributed by atoms with Crippen molar-refractivity contribution in [3.8, 4) is 11.5 Å². The van der Waals surface area contributed by atoms with Gasteiger partial charge in [-0.3, -0.25) is 0 Å². The lowest BCUT2D eigenvalue weighted by Gasteiger charge is -2.20. The average Bonchev–Trinajstić information content (AvgIpc) is 2.45. The molecule has 0 bridgehead atoms. The van der Waals surface area contributed by atoms with Gasteiger partial charge >= 0.3 is 0 Å². The fourth-order valence-corrected chi connectivity index (χ4v) is 1.86. The van der Waals surface area contributed by atoms with Gasteiger partial charge in [0.1, 0.15) is 5.75 Å². The summed E-state index contributed by atoms with van der Waals surface area (Å²) >= 11 is 0. The number of hydrogen-bond acceptors (Lipinski definition) is 3. The highest BCUT2D eigenvalue weighted by Crippen LogP contribution is 2.28. The summed E-state index contributed by atoms with van der Waals surface area (Å²) in [6, 6.07) is 17.7. The maximum Gasteiger partial charge on any atom is 0.150 e. The van der Waals surface area contributed by atoms with Crippen LogP contribution in [0.2, 0.25) is 0 Å². The highest BCUT2D eigenvalue weighted by molar-refractivity contribution is 5.57. The Labute approximate surface area is 126 Å². The standard InChI is InChI=1S/C18H23NO2/c1-18(2,3)20-14-13-19-16-11-7-8-12-17(16)21-15-9-5-4-6-10-15/h4-12,19H,13-14H2,1-3H3. The van der Waals surface area contributed by atoms with E-state index < -0.39 is 0 Å². The first kappa shape index (κ1) is 15.4. The van der Waals surface area contributed by atoms with Crippen LogP contribution in [-0.4, -0.2) is 18.8 Å². The van der Waals surface area contributed by atoms with Crippen LogP contribution in [0.15, 0.2) is 54.6 Å². The van der Waals surface area contributed by atoms with Crippen LogP contribution in [0.1, 0.15) is 20.8 Å². The highest BCUT2D eigenvalue weighted by atomic mass is 16.5. The van der Waals surface area contributed by atoms with Crippen molar-refractivity contribution in [2.45, 2.75) is 26.4 Å². The van der Waals surface area contributed by atoms with Crippen LogP contribution in [0, 0.1) is 0 Å². The minimum atomic E-state index is -0.109. The van der Waals surface area contributed by atoms with Crippen LogP contribution in [0.3, 0.4) is 0 Å². The largest absolute Gasteiger partial charge is 0.455 e. The van der Waals surface area contributed by atoms with Gasteiger partial charge in [-0.1, -0.05) is 30.3 Å². The summed E-state index contributed by atoms with van der Waals surface area (Å²) in [7, 11) is 0. The molecule has 2 aromatic carbocycles. The van der Waals surface area contributed by atoms with E-state index in [0.29, 0.717) is 6.61 Å². The monoisotopic (exact) mass is 285 g/mol. The second kappa shape index (κ2) is 7.14. The summed E-state index contributed by atoms with van der Waals surface area (Å²) in [5, 5.41) is 3.36. The van der Waals surface area contributed by atoms with E-state index in [0.717, 1.165) is 23.7 Å². The van der Waals surface area contributed by atoms with Gasteiger partial charge in [-0.15, -0.1) is 0 Å². The molecule has 0 amide bonds. The van der Waals surface area contributed by atoms with Crippen molar-refractivity contribution in [1.29, 1.82) is 0 Å². The predicted molar refractivity (Wildman–Crippen MR) is 87.2 cm³/mol. The third-order valence-electron chi connectivity index (χ3n) is 2.81. The Morgan fingerprint density at radius 3 is 2.29 bits per heavy atom. The average molecular weight is 285 g/mol. The topological polar surface area (TPSA) is 30.5 Å². The molecule has 0 saturated carbocycles. The van der Waals surface area contributed by atoms with E-state index in [2.05, 4.69) is 26.1 Å². The van der Waals surface area contributed by atoms with Gasteiger partial charge in [-0.2, -0.15) is 0 Å². The van der Waals surface area contributed by atoms with Gasteiger partial charge in [0.25, 0.3) is 0 Å². The van der Waals surface area contributed by atoms with E-state index in [1.807, 2.05) is 54.6 Å². The smallest absolute Gasteiger partial charge is 0.150 e. The maximum absolute atomic E-state index is 5.90. The molecule has 0 atom stereocenters. The zero-order valence-electron chi connectivity index (χ0n) is 12.9. The third-order valence-corrected chi connectivity index (χ3v) is 2.81. The van der Waals surface area contributed by atoms with Crippen LogP contribution >= 0.6 is 0 Å². The number of benzene rings is 2. The van der Waals surface area contributed by atoms with E-state index in [1.54, 1.807) is 0 Å². The second-order valence-electron chi connectivity index (χ2n) is 5.80.